The molecule has 2 aromatic rings. The quantitative estimate of drug-likeness (QED) is 0.907. The smallest absolute Gasteiger partial charge is 0.159 e. The lowest BCUT2D eigenvalue weighted by Crippen LogP contribution is -2.27. The van der Waals surface area contributed by atoms with E-state index < -0.39 is 0 Å². The Morgan fingerprint density at radius 2 is 1.55 bits per heavy atom. The topological polar surface area (TPSA) is 37.8 Å². The Morgan fingerprint density at radius 3 is 2.15 bits per heavy atom. The monoisotopic (exact) mass is 267 g/mol. The van der Waals surface area contributed by atoms with Crippen LogP contribution in [0.2, 0.25) is 0 Å². The molecule has 0 spiro atoms. The molecule has 1 fully saturated rings. The molecule has 0 unspecified atom stereocenters. The molecule has 3 heteroatoms. The average molecular weight is 267 g/mol. The van der Waals surface area contributed by atoms with Crippen LogP contribution in [0.5, 0.6) is 0 Å². The van der Waals surface area contributed by atoms with Gasteiger partial charge in [0.25, 0.3) is 0 Å². The molecule has 0 amide bonds. The van der Waals surface area contributed by atoms with Crippen molar-refractivity contribution in [3.63, 3.8) is 0 Å². The van der Waals surface area contributed by atoms with E-state index >= 15 is 0 Å². The zero-order valence-corrected chi connectivity index (χ0v) is 12.2. The minimum absolute atomic E-state index is 0.612. The van der Waals surface area contributed by atoms with Gasteiger partial charge < -0.3 is 5.32 Å². The number of hydrogen-bond acceptors (Lipinski definition) is 3. The average Bonchev–Trinajstić information content (AvgIpc) is 2.48. The second-order valence-electron chi connectivity index (χ2n) is 5.52. The highest BCUT2D eigenvalue weighted by molar-refractivity contribution is 5.55. The van der Waals surface area contributed by atoms with Crippen molar-refractivity contribution < 1.29 is 0 Å². The molecule has 1 aromatic heterocycles. The maximum absolute atomic E-state index is 4.75. The van der Waals surface area contributed by atoms with Crippen LogP contribution in [-0.4, -0.2) is 23.1 Å². The van der Waals surface area contributed by atoms with E-state index in [1.165, 1.54) is 18.4 Å². The van der Waals surface area contributed by atoms with Crippen molar-refractivity contribution in [3.05, 3.63) is 47.3 Å². The lowest BCUT2D eigenvalue weighted by molar-refractivity contribution is 0.455. The number of hydrogen-bond donors (Lipinski definition) is 1. The second-order valence-corrected chi connectivity index (χ2v) is 5.52. The Kier molecular flexibility index (Phi) is 3.79. The number of benzene rings is 1. The van der Waals surface area contributed by atoms with Gasteiger partial charge in [-0.15, -0.1) is 0 Å². The summed E-state index contributed by atoms with van der Waals surface area (Å²) in [5.41, 5.74) is 4.74. The number of rotatable bonds is 2. The van der Waals surface area contributed by atoms with Crippen molar-refractivity contribution in [2.45, 2.75) is 32.6 Å². The molecule has 1 N–H and O–H groups in total. The minimum Gasteiger partial charge on any atom is -0.317 e. The third kappa shape index (κ3) is 2.59. The number of piperidine rings is 1. The van der Waals surface area contributed by atoms with Gasteiger partial charge in [-0.3, -0.25) is 0 Å². The van der Waals surface area contributed by atoms with Crippen LogP contribution in [0, 0.1) is 13.8 Å². The van der Waals surface area contributed by atoms with Crippen molar-refractivity contribution in [3.8, 4) is 11.4 Å². The van der Waals surface area contributed by atoms with E-state index in [-0.39, 0.29) is 0 Å². The molecular weight excluding hydrogens is 246 g/mol. The third-order valence-electron chi connectivity index (χ3n) is 4.11. The summed E-state index contributed by atoms with van der Waals surface area (Å²) >= 11 is 0. The van der Waals surface area contributed by atoms with Crippen LogP contribution >= 0.6 is 0 Å². The van der Waals surface area contributed by atoms with Gasteiger partial charge in [-0.1, -0.05) is 30.3 Å². The van der Waals surface area contributed by atoms with E-state index in [4.69, 9.17) is 9.97 Å². The minimum atomic E-state index is 0.612. The van der Waals surface area contributed by atoms with Crippen LogP contribution in [0.4, 0.5) is 0 Å². The summed E-state index contributed by atoms with van der Waals surface area (Å²) < 4.78 is 0. The maximum atomic E-state index is 4.75. The van der Waals surface area contributed by atoms with Crippen LogP contribution < -0.4 is 5.32 Å². The predicted molar refractivity (Wildman–Crippen MR) is 81.8 cm³/mol. The SMILES string of the molecule is Cc1nc(-c2ccccc2)nc(C)c1C1CCNCC1. The molecule has 1 aromatic carbocycles. The summed E-state index contributed by atoms with van der Waals surface area (Å²) in [4.78, 5) is 9.50. The predicted octanol–water partition coefficient (Wildman–Crippen LogP) is 3.23. The van der Waals surface area contributed by atoms with Crippen molar-refractivity contribution in [1.82, 2.24) is 15.3 Å². The van der Waals surface area contributed by atoms with E-state index in [2.05, 4.69) is 31.3 Å². The van der Waals surface area contributed by atoms with Crippen LogP contribution in [0.1, 0.15) is 35.7 Å². The fraction of sp³-hybridized carbons (Fsp3) is 0.412. The van der Waals surface area contributed by atoms with Crippen molar-refractivity contribution in [2.24, 2.45) is 0 Å². The van der Waals surface area contributed by atoms with Gasteiger partial charge >= 0.3 is 0 Å². The molecule has 104 valence electrons. The first-order valence-corrected chi connectivity index (χ1v) is 7.37. The molecule has 0 radical (unpaired) electrons. The highest BCUT2D eigenvalue weighted by Gasteiger charge is 2.21. The van der Waals surface area contributed by atoms with Crippen LogP contribution in [0.3, 0.4) is 0 Å². The highest BCUT2D eigenvalue weighted by atomic mass is 14.9. The first-order chi connectivity index (χ1) is 9.75. The van der Waals surface area contributed by atoms with Gasteiger partial charge in [-0.05, 0) is 51.3 Å². The Hall–Kier alpha value is -1.74. The summed E-state index contributed by atoms with van der Waals surface area (Å²) in [5.74, 6) is 1.46. The summed E-state index contributed by atoms with van der Waals surface area (Å²) in [6.45, 7) is 6.45. The molecule has 0 saturated carbocycles. The Balaban J connectivity index is 1.98. The Bertz CT molecular complexity index is 563. The van der Waals surface area contributed by atoms with Gasteiger partial charge in [0.1, 0.15) is 0 Å². The summed E-state index contributed by atoms with van der Waals surface area (Å²) in [6, 6.07) is 10.2. The van der Waals surface area contributed by atoms with E-state index in [1.54, 1.807) is 0 Å². The van der Waals surface area contributed by atoms with Crippen molar-refractivity contribution in [1.29, 1.82) is 0 Å². The van der Waals surface area contributed by atoms with Crippen LogP contribution in [0.15, 0.2) is 30.3 Å². The first-order valence-electron chi connectivity index (χ1n) is 7.37. The van der Waals surface area contributed by atoms with Crippen LogP contribution in [-0.2, 0) is 0 Å². The lowest BCUT2D eigenvalue weighted by atomic mass is 9.88. The lowest BCUT2D eigenvalue weighted by Gasteiger charge is -2.25. The molecule has 1 aliphatic heterocycles. The van der Waals surface area contributed by atoms with Gasteiger partial charge in [0, 0.05) is 17.0 Å². The Labute approximate surface area is 120 Å². The van der Waals surface area contributed by atoms with Crippen LogP contribution in [0.25, 0.3) is 11.4 Å². The number of aromatic nitrogens is 2. The summed E-state index contributed by atoms with van der Waals surface area (Å²) in [6.07, 6.45) is 2.38. The van der Waals surface area contributed by atoms with Gasteiger partial charge in [-0.25, -0.2) is 9.97 Å². The van der Waals surface area contributed by atoms with E-state index in [0.29, 0.717) is 5.92 Å². The van der Waals surface area contributed by atoms with Gasteiger partial charge in [-0.2, -0.15) is 0 Å². The largest absolute Gasteiger partial charge is 0.317 e. The zero-order chi connectivity index (χ0) is 13.9. The standard InChI is InChI=1S/C17H21N3/c1-12-16(14-8-10-18-11-9-14)13(2)20-17(19-12)15-6-4-3-5-7-15/h3-7,14,18H,8-11H2,1-2H3. The molecule has 0 bridgehead atoms. The second kappa shape index (κ2) is 5.71. The molecule has 1 saturated heterocycles. The maximum Gasteiger partial charge on any atom is 0.159 e. The fourth-order valence-corrected chi connectivity index (χ4v) is 3.14. The highest BCUT2D eigenvalue weighted by Crippen LogP contribution is 2.30. The molecule has 20 heavy (non-hydrogen) atoms. The fourth-order valence-electron chi connectivity index (χ4n) is 3.14. The molecule has 1 aliphatic rings. The number of nitrogens with zero attached hydrogens (tertiary/aromatic N) is 2. The molecule has 3 nitrogen and oxygen atoms in total. The van der Waals surface area contributed by atoms with E-state index in [1.807, 2.05) is 18.2 Å². The molecule has 0 atom stereocenters. The molecule has 2 heterocycles. The Morgan fingerprint density at radius 1 is 0.950 bits per heavy atom. The number of nitrogens with one attached hydrogen (secondary N) is 1. The van der Waals surface area contributed by atoms with Gasteiger partial charge in [0.05, 0.1) is 0 Å². The van der Waals surface area contributed by atoms with Gasteiger partial charge in [0.15, 0.2) is 5.82 Å². The molecular formula is C17H21N3. The van der Waals surface area contributed by atoms with Gasteiger partial charge in [0.2, 0.25) is 0 Å². The normalized spacial score (nSPS) is 16.3. The summed E-state index contributed by atoms with van der Waals surface area (Å²) in [7, 11) is 0. The molecule has 0 aliphatic carbocycles. The van der Waals surface area contributed by atoms with Crippen molar-refractivity contribution >= 4 is 0 Å². The van der Waals surface area contributed by atoms with E-state index in [9.17, 15) is 0 Å². The third-order valence-corrected chi connectivity index (χ3v) is 4.11. The summed E-state index contributed by atoms with van der Waals surface area (Å²) in [5, 5.41) is 3.42. The van der Waals surface area contributed by atoms with Crippen molar-refractivity contribution in [2.75, 3.05) is 13.1 Å². The van der Waals surface area contributed by atoms with E-state index in [0.717, 1.165) is 35.9 Å². The number of aryl methyl sites for hydroxylation is 2. The first kappa shape index (κ1) is 13.3. The molecule has 3 rings (SSSR count). The zero-order valence-electron chi connectivity index (χ0n) is 12.2.